The van der Waals surface area contributed by atoms with Crippen molar-refractivity contribution in [3.8, 4) is 5.75 Å². The molecule has 8 heteroatoms. The van der Waals surface area contributed by atoms with Crippen LogP contribution in [0.4, 0.5) is 16.2 Å². The molecule has 182 valence electrons. The summed E-state index contributed by atoms with van der Waals surface area (Å²) in [6.07, 6.45) is 2.27. The molecule has 0 aliphatic carbocycles. The minimum Gasteiger partial charge on any atom is -0.497 e. The second-order valence-corrected chi connectivity index (χ2v) is 8.59. The summed E-state index contributed by atoms with van der Waals surface area (Å²) in [6, 6.07) is 22.3. The number of fused-ring (bicyclic) bond motifs is 1. The fourth-order valence-electron chi connectivity index (χ4n) is 4.54. The zero-order valence-electron chi connectivity index (χ0n) is 19.8. The van der Waals surface area contributed by atoms with E-state index in [-0.39, 0.29) is 18.9 Å². The van der Waals surface area contributed by atoms with E-state index in [1.54, 1.807) is 43.5 Å². The maximum atomic E-state index is 13.5. The maximum Gasteiger partial charge on any atom is 0.332 e. The summed E-state index contributed by atoms with van der Waals surface area (Å²) in [4.78, 5) is 45.6. The number of urea groups is 1. The first-order valence-corrected chi connectivity index (χ1v) is 11.7. The Morgan fingerprint density at radius 2 is 1.72 bits per heavy atom. The number of imide groups is 1. The number of anilines is 2. The number of carbonyl (C=O) groups excluding carboxylic acids is 3. The lowest BCUT2D eigenvalue weighted by Gasteiger charge is -2.21. The van der Waals surface area contributed by atoms with Crippen molar-refractivity contribution >= 4 is 40.1 Å². The first-order valence-electron chi connectivity index (χ1n) is 11.7. The van der Waals surface area contributed by atoms with Crippen molar-refractivity contribution in [1.82, 2.24) is 9.88 Å². The van der Waals surface area contributed by atoms with Crippen molar-refractivity contribution in [3.63, 3.8) is 0 Å². The van der Waals surface area contributed by atoms with Crippen LogP contribution in [0, 0.1) is 0 Å². The quantitative estimate of drug-likeness (QED) is 0.359. The van der Waals surface area contributed by atoms with Crippen molar-refractivity contribution in [2.45, 2.75) is 18.9 Å². The molecule has 2 N–H and O–H groups in total. The number of hydrogen-bond donors (Lipinski definition) is 2. The molecule has 1 unspecified atom stereocenters. The minimum atomic E-state index is -0.902. The standard InChI is InChI=1S/C28H26N4O4/c1-36-22-12-13-24-23(16-22)19(18-29-24)14-15-31-25(17-26(33)30-20-8-4-2-5-9-20)27(34)32(28(31)35)21-10-6-3-7-11-21/h2-13,16,18,25,29H,14-15,17H2,1H3,(H,30,33). The van der Waals surface area contributed by atoms with Gasteiger partial charge in [0.25, 0.3) is 5.91 Å². The highest BCUT2D eigenvalue weighted by Gasteiger charge is 2.46. The number of carbonyl (C=O) groups is 3. The van der Waals surface area contributed by atoms with Gasteiger partial charge in [0, 0.05) is 29.3 Å². The third-order valence-electron chi connectivity index (χ3n) is 6.37. The Labute approximate surface area is 208 Å². The summed E-state index contributed by atoms with van der Waals surface area (Å²) in [5.41, 5.74) is 3.08. The molecule has 1 aliphatic heterocycles. The Kier molecular flexibility index (Phi) is 6.40. The molecule has 2 heterocycles. The van der Waals surface area contributed by atoms with Crippen LogP contribution in [0.5, 0.6) is 5.75 Å². The number of amides is 4. The van der Waals surface area contributed by atoms with Crippen molar-refractivity contribution < 1.29 is 19.1 Å². The van der Waals surface area contributed by atoms with Gasteiger partial charge in [0.05, 0.1) is 19.2 Å². The van der Waals surface area contributed by atoms with E-state index in [0.29, 0.717) is 17.8 Å². The molecular formula is C28H26N4O4. The van der Waals surface area contributed by atoms with Gasteiger partial charge in [-0.25, -0.2) is 9.69 Å². The summed E-state index contributed by atoms with van der Waals surface area (Å²) in [5, 5.41) is 3.81. The molecule has 1 fully saturated rings. The number of H-pyrrole nitrogens is 1. The van der Waals surface area contributed by atoms with Gasteiger partial charge in [-0.3, -0.25) is 9.59 Å². The SMILES string of the molecule is COc1ccc2[nH]cc(CCN3C(=O)N(c4ccccc4)C(=O)C3CC(=O)Nc3ccccc3)c2c1. The molecule has 3 aromatic carbocycles. The van der Waals surface area contributed by atoms with E-state index in [4.69, 9.17) is 4.74 Å². The van der Waals surface area contributed by atoms with Crippen LogP contribution in [0.25, 0.3) is 10.9 Å². The smallest absolute Gasteiger partial charge is 0.332 e. The molecule has 1 atom stereocenters. The number of ether oxygens (including phenoxy) is 1. The minimum absolute atomic E-state index is 0.134. The number of nitrogens with one attached hydrogen (secondary N) is 2. The molecule has 5 rings (SSSR count). The van der Waals surface area contributed by atoms with E-state index >= 15 is 0 Å². The average Bonchev–Trinajstić information content (AvgIpc) is 3.41. The lowest BCUT2D eigenvalue weighted by Crippen LogP contribution is -2.39. The lowest BCUT2D eigenvalue weighted by molar-refractivity contribution is -0.124. The molecule has 4 amide bonds. The summed E-state index contributed by atoms with van der Waals surface area (Å²) >= 11 is 0. The fourth-order valence-corrected chi connectivity index (χ4v) is 4.54. The van der Waals surface area contributed by atoms with Gasteiger partial charge in [-0.15, -0.1) is 0 Å². The number of rotatable bonds is 8. The van der Waals surface area contributed by atoms with E-state index in [1.807, 2.05) is 48.7 Å². The Morgan fingerprint density at radius 3 is 2.44 bits per heavy atom. The number of methoxy groups -OCH3 is 1. The van der Waals surface area contributed by atoms with Crippen molar-refractivity contribution in [1.29, 1.82) is 0 Å². The molecular weight excluding hydrogens is 456 g/mol. The summed E-state index contributed by atoms with van der Waals surface area (Å²) in [6.45, 7) is 0.279. The zero-order chi connectivity index (χ0) is 25.1. The first kappa shape index (κ1) is 23.2. The molecule has 4 aromatic rings. The van der Waals surface area contributed by atoms with Crippen LogP contribution < -0.4 is 15.0 Å². The van der Waals surface area contributed by atoms with Crippen molar-refractivity contribution in [2.75, 3.05) is 23.9 Å². The van der Waals surface area contributed by atoms with E-state index in [1.165, 1.54) is 9.80 Å². The molecule has 0 bridgehead atoms. The largest absolute Gasteiger partial charge is 0.497 e. The van der Waals surface area contributed by atoms with Gasteiger partial charge < -0.3 is 19.9 Å². The van der Waals surface area contributed by atoms with E-state index < -0.39 is 18.0 Å². The lowest BCUT2D eigenvalue weighted by atomic mass is 10.1. The summed E-state index contributed by atoms with van der Waals surface area (Å²) in [5.74, 6) is 0.000545. The number of hydrogen-bond acceptors (Lipinski definition) is 4. The third kappa shape index (κ3) is 4.53. The molecule has 8 nitrogen and oxygen atoms in total. The second-order valence-electron chi connectivity index (χ2n) is 8.59. The van der Waals surface area contributed by atoms with Gasteiger partial charge in [-0.1, -0.05) is 36.4 Å². The van der Waals surface area contributed by atoms with Crippen LogP contribution in [-0.4, -0.2) is 47.4 Å². The van der Waals surface area contributed by atoms with E-state index in [0.717, 1.165) is 22.2 Å². The van der Waals surface area contributed by atoms with Crippen LogP contribution in [0.1, 0.15) is 12.0 Å². The van der Waals surface area contributed by atoms with Gasteiger partial charge in [-0.05, 0) is 54.4 Å². The number of aromatic nitrogens is 1. The Morgan fingerprint density at radius 1 is 1.00 bits per heavy atom. The third-order valence-corrected chi connectivity index (χ3v) is 6.37. The molecule has 1 aromatic heterocycles. The molecule has 0 spiro atoms. The Hall–Kier alpha value is -4.59. The zero-order valence-corrected chi connectivity index (χ0v) is 19.8. The molecule has 1 aliphatic rings. The number of para-hydroxylation sites is 2. The first-order chi connectivity index (χ1) is 17.5. The van der Waals surface area contributed by atoms with Crippen LogP contribution in [0.3, 0.4) is 0 Å². The molecule has 1 saturated heterocycles. The molecule has 36 heavy (non-hydrogen) atoms. The fraction of sp³-hybridized carbons (Fsp3) is 0.179. The highest BCUT2D eigenvalue weighted by atomic mass is 16.5. The van der Waals surface area contributed by atoms with E-state index in [9.17, 15) is 14.4 Å². The van der Waals surface area contributed by atoms with Gasteiger partial charge in [-0.2, -0.15) is 0 Å². The number of nitrogens with zero attached hydrogens (tertiary/aromatic N) is 2. The monoisotopic (exact) mass is 482 g/mol. The normalized spacial score (nSPS) is 15.5. The highest BCUT2D eigenvalue weighted by Crippen LogP contribution is 2.29. The topological polar surface area (TPSA) is 94.7 Å². The average molecular weight is 483 g/mol. The predicted molar refractivity (Wildman–Crippen MR) is 138 cm³/mol. The summed E-state index contributed by atoms with van der Waals surface area (Å²) < 4.78 is 5.35. The van der Waals surface area contributed by atoms with E-state index in [2.05, 4.69) is 10.3 Å². The highest BCUT2D eigenvalue weighted by molar-refractivity contribution is 6.22. The van der Waals surface area contributed by atoms with Crippen molar-refractivity contribution in [3.05, 3.63) is 90.6 Å². The van der Waals surface area contributed by atoms with Gasteiger partial charge in [0.2, 0.25) is 5.91 Å². The van der Waals surface area contributed by atoms with Crippen LogP contribution in [0.15, 0.2) is 85.1 Å². The maximum absolute atomic E-state index is 13.5. The van der Waals surface area contributed by atoms with Gasteiger partial charge in [0.1, 0.15) is 11.8 Å². The van der Waals surface area contributed by atoms with Gasteiger partial charge >= 0.3 is 6.03 Å². The second kappa shape index (κ2) is 9.95. The van der Waals surface area contributed by atoms with Gasteiger partial charge in [0.15, 0.2) is 0 Å². The number of benzene rings is 3. The van der Waals surface area contributed by atoms with Crippen LogP contribution in [0.2, 0.25) is 0 Å². The Balaban J connectivity index is 1.39. The van der Waals surface area contributed by atoms with Crippen LogP contribution >= 0.6 is 0 Å². The predicted octanol–water partition coefficient (Wildman–Crippen LogP) is 4.59. The van der Waals surface area contributed by atoms with Crippen LogP contribution in [-0.2, 0) is 16.0 Å². The summed E-state index contributed by atoms with van der Waals surface area (Å²) in [7, 11) is 1.62. The molecule has 0 radical (unpaired) electrons. The van der Waals surface area contributed by atoms with Crippen molar-refractivity contribution in [2.24, 2.45) is 0 Å². The Bertz CT molecular complexity index is 1400. The number of aromatic amines is 1. The molecule has 0 saturated carbocycles.